The molecule has 0 aliphatic carbocycles. The van der Waals surface area contributed by atoms with Crippen LogP contribution < -0.4 is 20.3 Å². The molecule has 2 aromatic carbocycles. The maximum atomic E-state index is 13.6. The lowest BCUT2D eigenvalue weighted by molar-refractivity contribution is -0.137. The third kappa shape index (κ3) is 8.08. The van der Waals surface area contributed by atoms with Crippen molar-refractivity contribution in [2.75, 3.05) is 56.8 Å². The van der Waals surface area contributed by atoms with Crippen LogP contribution in [0.3, 0.4) is 0 Å². The maximum Gasteiger partial charge on any atom is 0.416 e. The van der Waals surface area contributed by atoms with Crippen LogP contribution in [0.4, 0.5) is 30.5 Å². The Balaban J connectivity index is 1.62. The molecule has 1 amide bonds. The van der Waals surface area contributed by atoms with Crippen LogP contribution in [-0.2, 0) is 6.18 Å². The number of aromatic nitrogens is 4. The molecule has 0 aliphatic heterocycles. The first-order valence-electron chi connectivity index (χ1n) is 13.1. The van der Waals surface area contributed by atoms with E-state index in [1.807, 2.05) is 19.0 Å². The van der Waals surface area contributed by atoms with Crippen molar-refractivity contribution in [3.05, 3.63) is 77.2 Å². The first-order valence-corrected chi connectivity index (χ1v) is 13.5. The van der Waals surface area contributed by atoms with E-state index in [-0.39, 0.29) is 27.9 Å². The van der Waals surface area contributed by atoms with Crippen molar-refractivity contribution in [3.8, 4) is 23.0 Å². The fourth-order valence-corrected chi connectivity index (χ4v) is 4.29. The van der Waals surface area contributed by atoms with Crippen molar-refractivity contribution in [3.63, 3.8) is 0 Å². The van der Waals surface area contributed by atoms with Gasteiger partial charge in [0.15, 0.2) is 5.82 Å². The Bertz CT molecular complexity index is 1590. The smallest absolute Gasteiger partial charge is 0.416 e. The van der Waals surface area contributed by atoms with Gasteiger partial charge in [0, 0.05) is 38.6 Å². The minimum absolute atomic E-state index is 0.137. The van der Waals surface area contributed by atoms with Gasteiger partial charge in [-0.15, -0.1) is 0 Å². The van der Waals surface area contributed by atoms with E-state index in [9.17, 15) is 18.0 Å². The monoisotopic (exact) mass is 614 g/mol. The molecule has 0 unspecified atom stereocenters. The Hall–Kier alpha value is -4.49. The van der Waals surface area contributed by atoms with Crippen LogP contribution in [0.5, 0.6) is 11.6 Å². The predicted molar refractivity (Wildman–Crippen MR) is 160 cm³/mol. The number of nitrogens with zero attached hydrogens (tertiary/aromatic N) is 6. The number of carbonyl (C=O) groups excluding carboxylic acids is 1. The molecule has 0 saturated carbocycles. The van der Waals surface area contributed by atoms with E-state index < -0.39 is 17.6 Å². The molecule has 0 saturated heterocycles. The molecule has 2 heterocycles. The molecule has 226 valence electrons. The molecule has 0 fully saturated rings. The van der Waals surface area contributed by atoms with Crippen molar-refractivity contribution in [1.82, 2.24) is 24.8 Å². The highest BCUT2D eigenvalue weighted by Gasteiger charge is 2.32. The van der Waals surface area contributed by atoms with Gasteiger partial charge in [0.05, 0.1) is 27.4 Å². The van der Waals surface area contributed by atoms with Crippen LogP contribution in [0.25, 0.3) is 11.4 Å². The van der Waals surface area contributed by atoms with Crippen LogP contribution >= 0.6 is 11.6 Å². The Morgan fingerprint density at radius 3 is 2.53 bits per heavy atom. The Kier molecular flexibility index (Phi) is 9.99. The topological polar surface area (TPSA) is 108 Å². The van der Waals surface area contributed by atoms with Crippen LogP contribution in [0.1, 0.15) is 22.3 Å². The van der Waals surface area contributed by atoms with Crippen LogP contribution in [0, 0.1) is 0 Å². The molecule has 43 heavy (non-hydrogen) atoms. The lowest BCUT2D eigenvalue weighted by atomic mass is 10.1. The van der Waals surface area contributed by atoms with Crippen molar-refractivity contribution < 1.29 is 22.7 Å². The number of anilines is 3. The van der Waals surface area contributed by atoms with E-state index in [1.165, 1.54) is 30.7 Å². The van der Waals surface area contributed by atoms with Crippen molar-refractivity contribution in [2.24, 2.45) is 0 Å². The number of rotatable bonds is 11. The fraction of sp³-hybridized carbons (Fsp3) is 0.276. The van der Waals surface area contributed by atoms with Crippen molar-refractivity contribution >= 4 is 34.8 Å². The first kappa shape index (κ1) is 31.4. The number of hydrogen-bond acceptors (Lipinski definition) is 9. The summed E-state index contributed by atoms with van der Waals surface area (Å²) in [6.45, 7) is 1.30. The van der Waals surface area contributed by atoms with Gasteiger partial charge in [-0.1, -0.05) is 11.6 Å². The van der Waals surface area contributed by atoms with E-state index >= 15 is 0 Å². The Morgan fingerprint density at radius 2 is 1.81 bits per heavy atom. The van der Waals surface area contributed by atoms with Gasteiger partial charge in [-0.25, -0.2) is 15.0 Å². The van der Waals surface area contributed by atoms with Gasteiger partial charge in [-0.2, -0.15) is 18.2 Å². The molecule has 4 aromatic rings. The molecular weight excluding hydrogens is 585 g/mol. The third-order valence-corrected chi connectivity index (χ3v) is 6.62. The summed E-state index contributed by atoms with van der Waals surface area (Å²) in [6.07, 6.45) is -1.01. The maximum absolute atomic E-state index is 13.6. The molecule has 0 spiro atoms. The normalized spacial score (nSPS) is 11.4. The number of carbonyl (C=O) groups is 1. The lowest BCUT2D eigenvalue weighted by Gasteiger charge is -2.24. The third-order valence-electron chi connectivity index (χ3n) is 6.29. The van der Waals surface area contributed by atoms with Crippen molar-refractivity contribution in [2.45, 2.75) is 12.6 Å². The van der Waals surface area contributed by atoms with Gasteiger partial charge in [0.25, 0.3) is 5.91 Å². The molecule has 0 radical (unpaired) electrons. The highest BCUT2D eigenvalue weighted by molar-refractivity contribution is 6.34. The number of hydrogen-bond donors (Lipinski definition) is 2. The SMILES string of the molecule is CNc1ncnc(-c2cccnc2Oc2ccc(Cl)c(NC(=O)c3cc(C(F)(F)F)ccc3N(C)CCCN(C)C)c2)n1. The van der Waals surface area contributed by atoms with Gasteiger partial charge in [0.2, 0.25) is 11.8 Å². The largest absolute Gasteiger partial charge is 0.438 e. The number of nitrogens with one attached hydrogen (secondary N) is 2. The van der Waals surface area contributed by atoms with Gasteiger partial charge < -0.3 is 25.2 Å². The number of benzene rings is 2. The van der Waals surface area contributed by atoms with Gasteiger partial charge >= 0.3 is 6.18 Å². The quantitative estimate of drug-likeness (QED) is 0.208. The number of ether oxygens (including phenoxy) is 1. The zero-order chi connectivity index (χ0) is 31.1. The summed E-state index contributed by atoms with van der Waals surface area (Å²) in [5.74, 6) is 0.343. The fourth-order valence-electron chi connectivity index (χ4n) is 4.13. The summed E-state index contributed by atoms with van der Waals surface area (Å²) in [5.41, 5.74) is -0.115. The van der Waals surface area contributed by atoms with Gasteiger partial charge in [-0.3, -0.25) is 4.79 Å². The van der Waals surface area contributed by atoms with Crippen molar-refractivity contribution in [1.29, 1.82) is 0 Å². The summed E-state index contributed by atoms with van der Waals surface area (Å²) < 4.78 is 46.8. The Morgan fingerprint density at radius 1 is 1.02 bits per heavy atom. The zero-order valence-corrected chi connectivity index (χ0v) is 24.7. The number of amides is 1. The first-order chi connectivity index (χ1) is 20.5. The molecule has 10 nitrogen and oxygen atoms in total. The minimum atomic E-state index is -4.63. The summed E-state index contributed by atoms with van der Waals surface area (Å²) in [7, 11) is 7.27. The van der Waals surface area contributed by atoms with E-state index in [2.05, 4.69) is 30.6 Å². The van der Waals surface area contributed by atoms with E-state index in [0.29, 0.717) is 29.6 Å². The summed E-state index contributed by atoms with van der Waals surface area (Å²) in [6, 6.07) is 11.1. The van der Waals surface area contributed by atoms with Crippen LogP contribution in [-0.4, -0.2) is 72.0 Å². The number of pyridine rings is 1. The number of alkyl halides is 3. The van der Waals surface area contributed by atoms with Crippen LogP contribution in [0.15, 0.2) is 61.1 Å². The average Bonchev–Trinajstić information content (AvgIpc) is 2.98. The molecule has 2 N–H and O–H groups in total. The molecule has 2 aromatic heterocycles. The van der Waals surface area contributed by atoms with Crippen LogP contribution in [0.2, 0.25) is 5.02 Å². The molecule has 0 atom stereocenters. The van der Waals surface area contributed by atoms with E-state index in [0.717, 1.165) is 25.1 Å². The predicted octanol–water partition coefficient (Wildman–Crippen LogP) is 6.08. The molecule has 4 rings (SSSR count). The molecule has 14 heteroatoms. The summed E-state index contributed by atoms with van der Waals surface area (Å²) >= 11 is 6.38. The standard InChI is InChI=1S/C29H30ClF3N8O2/c1-34-28-37-17-36-25(39-28)20-7-5-12-35-27(20)43-19-9-10-22(30)23(16-19)38-26(42)21-15-18(29(31,32)33)8-11-24(21)41(4)14-6-13-40(2)3/h5,7-12,15-17H,6,13-14H2,1-4H3,(H,38,42)(H,34,36,37,39). The molecular formula is C29H30ClF3N8O2. The average molecular weight is 615 g/mol. The summed E-state index contributed by atoms with van der Waals surface area (Å²) in [4.78, 5) is 34.0. The van der Waals surface area contributed by atoms with Gasteiger partial charge in [0.1, 0.15) is 12.1 Å². The minimum Gasteiger partial charge on any atom is -0.438 e. The highest BCUT2D eigenvalue weighted by Crippen LogP contribution is 2.36. The Labute approximate surface area is 251 Å². The van der Waals surface area contributed by atoms with E-state index in [1.54, 1.807) is 37.2 Å². The van der Waals surface area contributed by atoms with E-state index in [4.69, 9.17) is 16.3 Å². The second-order valence-electron chi connectivity index (χ2n) is 9.74. The molecule has 0 bridgehead atoms. The van der Waals surface area contributed by atoms with Gasteiger partial charge in [-0.05, 0) is 69.5 Å². The second-order valence-corrected chi connectivity index (χ2v) is 10.2. The highest BCUT2D eigenvalue weighted by atomic mass is 35.5. The lowest BCUT2D eigenvalue weighted by Crippen LogP contribution is -2.26. The zero-order valence-electron chi connectivity index (χ0n) is 23.9. The summed E-state index contributed by atoms with van der Waals surface area (Å²) in [5, 5.41) is 5.65. The second kappa shape index (κ2) is 13.7. The number of halogens is 4. The molecule has 0 aliphatic rings.